The summed E-state index contributed by atoms with van der Waals surface area (Å²) in [4.78, 5) is 24.5. The highest BCUT2D eigenvalue weighted by Gasteiger charge is 2.51. The van der Waals surface area contributed by atoms with E-state index in [0.29, 0.717) is 17.8 Å². The number of amides is 1. The highest BCUT2D eigenvalue weighted by Crippen LogP contribution is 2.55. The molecule has 0 unspecified atom stereocenters. The molecule has 4 saturated carbocycles. The van der Waals surface area contributed by atoms with E-state index in [0.717, 1.165) is 19.3 Å². The summed E-state index contributed by atoms with van der Waals surface area (Å²) in [6, 6.07) is 5.34. The second-order valence-electron chi connectivity index (χ2n) is 8.23. The summed E-state index contributed by atoms with van der Waals surface area (Å²) < 4.78 is 33.9. The Morgan fingerprint density at radius 2 is 1.74 bits per heavy atom. The van der Waals surface area contributed by atoms with Gasteiger partial charge in [0.2, 0.25) is 0 Å². The van der Waals surface area contributed by atoms with E-state index in [1.165, 1.54) is 43.5 Å². The first-order valence-electron chi connectivity index (χ1n) is 9.44. The van der Waals surface area contributed by atoms with Crippen LogP contribution in [0.4, 0.5) is 8.78 Å². The minimum Gasteiger partial charge on any atom is -0.452 e. The molecule has 0 radical (unpaired) electrons. The number of esters is 1. The Bertz CT molecular complexity index is 701. The van der Waals surface area contributed by atoms with Crippen LogP contribution in [0.1, 0.15) is 48.9 Å². The lowest BCUT2D eigenvalue weighted by Gasteiger charge is -2.56. The summed E-state index contributed by atoms with van der Waals surface area (Å²) >= 11 is 0. The van der Waals surface area contributed by atoms with Crippen LogP contribution in [-0.4, -0.2) is 30.6 Å². The number of benzene rings is 1. The van der Waals surface area contributed by atoms with Crippen molar-refractivity contribution in [3.05, 3.63) is 29.8 Å². The van der Waals surface area contributed by atoms with Gasteiger partial charge in [-0.15, -0.1) is 0 Å². The Kier molecular flexibility index (Phi) is 4.78. The number of rotatable bonds is 6. The first-order chi connectivity index (χ1) is 12.9. The van der Waals surface area contributed by atoms with Crippen molar-refractivity contribution in [2.45, 2.75) is 50.7 Å². The molecule has 0 heterocycles. The van der Waals surface area contributed by atoms with Gasteiger partial charge in [0.1, 0.15) is 5.75 Å². The Morgan fingerprint density at radius 1 is 1.11 bits per heavy atom. The smallest absolute Gasteiger partial charge is 0.387 e. The maximum atomic E-state index is 12.4. The Hall–Kier alpha value is -2.18. The maximum absolute atomic E-state index is 12.4. The minimum atomic E-state index is -2.97. The molecule has 1 N–H and O–H groups in total. The lowest BCUT2D eigenvalue weighted by molar-refractivity contribution is -0.130. The molecule has 5 nitrogen and oxygen atoms in total. The molecule has 0 aromatic heterocycles. The zero-order valence-electron chi connectivity index (χ0n) is 15.0. The number of hydrogen-bond acceptors (Lipinski definition) is 4. The first-order valence-corrected chi connectivity index (χ1v) is 9.44. The zero-order chi connectivity index (χ0) is 19.0. The molecule has 0 saturated heterocycles. The van der Waals surface area contributed by atoms with Gasteiger partial charge in [0.05, 0.1) is 5.56 Å². The number of ether oxygens (including phenoxy) is 2. The van der Waals surface area contributed by atoms with Crippen molar-refractivity contribution in [2.75, 3.05) is 6.61 Å². The van der Waals surface area contributed by atoms with Gasteiger partial charge >= 0.3 is 12.6 Å². The van der Waals surface area contributed by atoms with Crippen molar-refractivity contribution < 1.29 is 27.8 Å². The lowest BCUT2D eigenvalue weighted by atomic mass is 9.53. The topological polar surface area (TPSA) is 64.6 Å². The van der Waals surface area contributed by atoms with Crippen LogP contribution in [0.25, 0.3) is 0 Å². The van der Waals surface area contributed by atoms with Gasteiger partial charge in [-0.2, -0.15) is 8.78 Å². The molecule has 0 spiro atoms. The van der Waals surface area contributed by atoms with Gasteiger partial charge in [-0.3, -0.25) is 4.79 Å². The number of carbonyl (C=O) groups is 2. The van der Waals surface area contributed by atoms with E-state index in [1.54, 1.807) is 0 Å². The molecule has 0 atom stereocenters. The van der Waals surface area contributed by atoms with E-state index < -0.39 is 12.6 Å². The predicted molar refractivity (Wildman–Crippen MR) is 92.4 cm³/mol. The van der Waals surface area contributed by atoms with Crippen LogP contribution in [0.3, 0.4) is 0 Å². The van der Waals surface area contributed by atoms with E-state index in [2.05, 4.69) is 10.1 Å². The number of halogens is 2. The molecule has 0 aliphatic heterocycles. The number of hydrogen-bond donors (Lipinski definition) is 1. The quantitative estimate of drug-likeness (QED) is 0.768. The molecule has 1 amide bonds. The maximum Gasteiger partial charge on any atom is 0.387 e. The Labute approximate surface area is 156 Å². The van der Waals surface area contributed by atoms with Crippen molar-refractivity contribution in [3.8, 4) is 5.75 Å². The first kappa shape index (κ1) is 18.2. The van der Waals surface area contributed by atoms with Gasteiger partial charge in [0.25, 0.3) is 5.91 Å². The zero-order valence-corrected chi connectivity index (χ0v) is 15.0. The summed E-state index contributed by atoms with van der Waals surface area (Å²) in [5.74, 6) is 0.947. The van der Waals surface area contributed by atoms with Crippen LogP contribution >= 0.6 is 0 Å². The van der Waals surface area contributed by atoms with Crippen molar-refractivity contribution in [1.29, 1.82) is 0 Å². The monoisotopic (exact) mass is 379 g/mol. The molecule has 4 aliphatic carbocycles. The molecule has 4 bridgehead atoms. The summed E-state index contributed by atoms with van der Waals surface area (Å²) in [7, 11) is 0. The van der Waals surface area contributed by atoms with E-state index >= 15 is 0 Å². The largest absolute Gasteiger partial charge is 0.452 e. The van der Waals surface area contributed by atoms with Crippen molar-refractivity contribution in [1.82, 2.24) is 5.32 Å². The van der Waals surface area contributed by atoms with E-state index in [9.17, 15) is 18.4 Å². The van der Waals surface area contributed by atoms with Gasteiger partial charge in [0.15, 0.2) is 6.61 Å². The van der Waals surface area contributed by atoms with Gasteiger partial charge < -0.3 is 14.8 Å². The third-order valence-corrected chi connectivity index (χ3v) is 6.07. The average molecular weight is 379 g/mol. The van der Waals surface area contributed by atoms with Gasteiger partial charge in [-0.25, -0.2) is 4.79 Å². The molecule has 146 valence electrons. The van der Waals surface area contributed by atoms with Crippen LogP contribution in [-0.2, 0) is 9.53 Å². The lowest BCUT2D eigenvalue weighted by Crippen LogP contribution is -2.60. The number of alkyl halides is 2. The van der Waals surface area contributed by atoms with E-state index in [-0.39, 0.29) is 29.4 Å². The Morgan fingerprint density at radius 3 is 2.33 bits per heavy atom. The minimum absolute atomic E-state index is 0.0655. The standard InChI is InChI=1S/C20H23F2NO4/c21-19(22)27-16-3-1-2-15(7-16)18(25)26-11-17(24)23-20-8-12-4-13(9-20)6-14(5-12)10-20/h1-3,7,12-14,19H,4-6,8-11H2,(H,23,24). The van der Waals surface area contributed by atoms with Crippen molar-refractivity contribution in [3.63, 3.8) is 0 Å². The molecule has 4 aliphatic rings. The van der Waals surface area contributed by atoms with Crippen LogP contribution in [0.5, 0.6) is 5.75 Å². The highest BCUT2D eigenvalue weighted by molar-refractivity contribution is 5.91. The van der Waals surface area contributed by atoms with Crippen LogP contribution < -0.4 is 10.1 Å². The number of carbonyl (C=O) groups excluding carboxylic acids is 2. The van der Waals surface area contributed by atoms with Crippen LogP contribution in [0.2, 0.25) is 0 Å². The molecule has 27 heavy (non-hydrogen) atoms. The summed E-state index contributed by atoms with van der Waals surface area (Å²) in [6.45, 7) is -3.34. The highest BCUT2D eigenvalue weighted by atomic mass is 19.3. The van der Waals surface area contributed by atoms with Gasteiger partial charge in [-0.05, 0) is 74.5 Å². The normalized spacial score (nSPS) is 31.0. The molecule has 1 aromatic carbocycles. The van der Waals surface area contributed by atoms with Gasteiger partial charge in [-0.1, -0.05) is 6.07 Å². The molecule has 1 aromatic rings. The fraction of sp³-hybridized carbons (Fsp3) is 0.600. The fourth-order valence-corrected chi connectivity index (χ4v) is 5.61. The van der Waals surface area contributed by atoms with Crippen LogP contribution in [0.15, 0.2) is 24.3 Å². The van der Waals surface area contributed by atoms with Crippen molar-refractivity contribution in [2.24, 2.45) is 17.8 Å². The third kappa shape index (κ3) is 4.06. The molecular weight excluding hydrogens is 356 g/mol. The Balaban J connectivity index is 1.31. The molecule has 4 fully saturated rings. The van der Waals surface area contributed by atoms with E-state index in [4.69, 9.17) is 4.74 Å². The SMILES string of the molecule is O=C(COC(=O)c1cccc(OC(F)F)c1)NC12CC3CC(CC(C3)C1)C2. The summed E-state index contributed by atoms with van der Waals surface area (Å²) in [5, 5.41) is 3.13. The predicted octanol–water partition coefficient (Wildman–Crippen LogP) is 3.53. The second kappa shape index (κ2) is 7.09. The summed E-state index contributed by atoms with van der Waals surface area (Å²) in [6.07, 6.45) is 6.90. The summed E-state index contributed by atoms with van der Waals surface area (Å²) in [5.41, 5.74) is -0.0701. The molecule has 5 rings (SSSR count). The fourth-order valence-electron chi connectivity index (χ4n) is 5.61. The van der Waals surface area contributed by atoms with Gasteiger partial charge in [0, 0.05) is 5.54 Å². The third-order valence-electron chi connectivity index (χ3n) is 6.07. The molecule has 7 heteroatoms. The van der Waals surface area contributed by atoms with Crippen LogP contribution in [0, 0.1) is 17.8 Å². The second-order valence-corrected chi connectivity index (χ2v) is 8.23. The average Bonchev–Trinajstić information content (AvgIpc) is 2.57. The van der Waals surface area contributed by atoms with E-state index in [1.807, 2.05) is 0 Å². The van der Waals surface area contributed by atoms with Crippen molar-refractivity contribution >= 4 is 11.9 Å². The molecular formula is C20H23F2NO4. The number of nitrogens with one attached hydrogen (secondary N) is 1.